The first-order valence-electron chi connectivity index (χ1n) is 8.16. The zero-order valence-electron chi connectivity index (χ0n) is 16.5. The molecule has 0 saturated carbocycles. The average molecular weight is 506 g/mol. The molecule has 0 bridgehead atoms. The molecule has 8 N–H and O–H groups in total. The van der Waals surface area contributed by atoms with Gasteiger partial charge in [-0.05, 0) is 0 Å². The average Bonchev–Trinajstić information content (AvgIpc) is 3.03. The van der Waals surface area contributed by atoms with Crippen molar-refractivity contribution in [1.82, 2.24) is 9.55 Å². The summed E-state index contributed by atoms with van der Waals surface area (Å²) in [4.78, 5) is 64.8. The standard InChI is InChI=1S/2C6H8O7.C4H6N2.K.H/c2*7-3(8)1-6(13,5(11)12)2-4(9)10;1-6-3-2-5-4-6;;/h2*13H,1-2H2,(H,7,8)(H,9,10)(H,11,12);2-4H,1H3;;. The van der Waals surface area contributed by atoms with Gasteiger partial charge in [-0.25, -0.2) is 14.6 Å². The Balaban J connectivity index is -0.000000427. The summed E-state index contributed by atoms with van der Waals surface area (Å²) in [7, 11) is 1.94. The van der Waals surface area contributed by atoms with E-state index in [2.05, 4.69) is 4.98 Å². The third kappa shape index (κ3) is 16.8. The minimum atomic E-state index is -2.74. The summed E-state index contributed by atoms with van der Waals surface area (Å²) in [6, 6.07) is 0. The van der Waals surface area contributed by atoms with Crippen molar-refractivity contribution in [2.24, 2.45) is 7.05 Å². The third-order valence-corrected chi connectivity index (χ3v) is 3.21. The maximum absolute atomic E-state index is 10.3. The van der Waals surface area contributed by atoms with Crippen molar-refractivity contribution in [3.63, 3.8) is 0 Å². The fourth-order valence-electron chi connectivity index (χ4n) is 1.75. The quantitative estimate of drug-likeness (QED) is 0.149. The van der Waals surface area contributed by atoms with Crippen molar-refractivity contribution in [2.45, 2.75) is 36.9 Å². The molecule has 1 aromatic heterocycles. The van der Waals surface area contributed by atoms with Gasteiger partial charge in [0.15, 0.2) is 11.2 Å². The van der Waals surface area contributed by atoms with Gasteiger partial charge in [-0.2, -0.15) is 0 Å². The molecule has 16 nitrogen and oxygen atoms in total. The molecule has 0 aliphatic rings. The molecule has 0 radical (unpaired) electrons. The number of aromatic nitrogens is 2. The number of rotatable bonds is 10. The fraction of sp³-hybridized carbons (Fsp3) is 0.438. The van der Waals surface area contributed by atoms with Crippen LogP contribution in [-0.2, 0) is 35.8 Å². The molecule has 1 rings (SSSR count). The Kier molecular flexibility index (Phi) is 17.3. The van der Waals surface area contributed by atoms with Crippen LogP contribution >= 0.6 is 0 Å². The zero-order valence-corrected chi connectivity index (χ0v) is 16.5. The molecule has 0 spiro atoms. The molecule has 0 fully saturated rings. The van der Waals surface area contributed by atoms with Crippen LogP contribution in [-0.4, -0.2) is 149 Å². The first-order chi connectivity index (χ1) is 14.4. The number of nitrogens with zero attached hydrogens (tertiary/aromatic N) is 2. The van der Waals surface area contributed by atoms with Gasteiger partial charge in [0.05, 0.1) is 32.0 Å². The van der Waals surface area contributed by atoms with Crippen molar-refractivity contribution in [3.8, 4) is 0 Å². The van der Waals surface area contributed by atoms with Crippen LogP contribution in [0.5, 0.6) is 0 Å². The van der Waals surface area contributed by atoms with Gasteiger partial charge in [0, 0.05) is 19.4 Å². The third-order valence-electron chi connectivity index (χ3n) is 3.21. The summed E-state index contributed by atoms with van der Waals surface area (Å²) in [6.07, 6.45) is 0.812. The van der Waals surface area contributed by atoms with Crippen molar-refractivity contribution in [1.29, 1.82) is 0 Å². The van der Waals surface area contributed by atoms with Gasteiger partial charge in [0.1, 0.15) is 0 Å². The van der Waals surface area contributed by atoms with Gasteiger partial charge in [0.25, 0.3) is 0 Å². The molecule has 0 unspecified atom stereocenters. The number of carbonyl (C=O) groups is 6. The van der Waals surface area contributed by atoms with Gasteiger partial charge in [-0.15, -0.1) is 0 Å². The monoisotopic (exact) mass is 506 g/mol. The molecule has 33 heavy (non-hydrogen) atoms. The van der Waals surface area contributed by atoms with Crippen molar-refractivity contribution >= 4 is 87.2 Å². The van der Waals surface area contributed by atoms with Crippen molar-refractivity contribution in [3.05, 3.63) is 18.7 Å². The molecule has 0 saturated heterocycles. The van der Waals surface area contributed by atoms with Crippen molar-refractivity contribution in [2.75, 3.05) is 0 Å². The number of aliphatic carboxylic acids is 6. The van der Waals surface area contributed by atoms with Gasteiger partial charge in [-0.3, -0.25) is 19.2 Å². The van der Waals surface area contributed by atoms with E-state index in [4.69, 9.17) is 40.9 Å². The summed E-state index contributed by atoms with van der Waals surface area (Å²) in [5.74, 6) is -10.0. The SMILES string of the molecule is Cn1ccnc1.O=C(O)CC(O)(CC(=O)O)C(=O)O.O=C(O)CC(O)(CC(=O)O)C(=O)O.[KH]. The summed E-state index contributed by atoms with van der Waals surface area (Å²) in [6.45, 7) is 0. The zero-order chi connectivity index (χ0) is 25.7. The van der Waals surface area contributed by atoms with E-state index < -0.39 is 72.7 Å². The number of imidazole rings is 1. The number of aliphatic hydroxyl groups is 2. The fourth-order valence-corrected chi connectivity index (χ4v) is 1.75. The molecule has 0 atom stereocenters. The molecule has 0 amide bonds. The molecule has 1 heterocycles. The van der Waals surface area contributed by atoms with Gasteiger partial charge >= 0.3 is 87.2 Å². The van der Waals surface area contributed by atoms with Crippen molar-refractivity contribution < 1.29 is 69.6 Å². The second-order valence-corrected chi connectivity index (χ2v) is 6.18. The second-order valence-electron chi connectivity index (χ2n) is 6.18. The predicted molar refractivity (Wildman–Crippen MR) is 105 cm³/mol. The summed E-state index contributed by atoms with van der Waals surface area (Å²) in [5, 5.41) is 67.6. The number of carboxylic acid groups (broad SMARTS) is 6. The molecule has 17 heteroatoms. The summed E-state index contributed by atoms with van der Waals surface area (Å²) >= 11 is 0. The first-order valence-corrected chi connectivity index (χ1v) is 8.16. The maximum atomic E-state index is 10.3. The summed E-state index contributed by atoms with van der Waals surface area (Å²) < 4.78 is 1.89. The van der Waals surface area contributed by atoms with Crippen LogP contribution < -0.4 is 0 Å². The molecule has 0 aromatic carbocycles. The van der Waals surface area contributed by atoms with Crippen LogP contribution in [0.1, 0.15) is 25.7 Å². The van der Waals surface area contributed by atoms with E-state index in [0.29, 0.717) is 0 Å². The Morgan fingerprint density at radius 3 is 1.06 bits per heavy atom. The van der Waals surface area contributed by atoms with Gasteiger partial charge in [0.2, 0.25) is 0 Å². The van der Waals surface area contributed by atoms with E-state index in [-0.39, 0.29) is 51.4 Å². The Hall–Kier alpha value is -2.41. The topological polar surface area (TPSA) is 282 Å². The van der Waals surface area contributed by atoms with E-state index >= 15 is 0 Å². The predicted octanol–water partition coefficient (Wildman–Crippen LogP) is -2.73. The molecule has 1 aromatic rings. The van der Waals surface area contributed by atoms with Gasteiger partial charge < -0.3 is 45.4 Å². The van der Waals surface area contributed by atoms with E-state index in [0.717, 1.165) is 0 Å². The van der Waals surface area contributed by atoms with Crippen LogP contribution in [0, 0.1) is 0 Å². The van der Waals surface area contributed by atoms with Crippen LogP contribution in [0.4, 0.5) is 0 Å². The number of hydrogen-bond donors (Lipinski definition) is 8. The second kappa shape index (κ2) is 16.2. The first kappa shape index (κ1) is 35.2. The Morgan fingerprint density at radius 2 is 0.970 bits per heavy atom. The summed E-state index contributed by atoms with van der Waals surface area (Å²) in [5.41, 5.74) is -5.48. The number of carboxylic acids is 6. The minimum absolute atomic E-state index is 0. The number of aryl methyl sites for hydroxylation is 1. The van der Waals surface area contributed by atoms with Gasteiger partial charge in [-0.1, -0.05) is 0 Å². The molecule has 0 aliphatic heterocycles. The van der Waals surface area contributed by atoms with E-state index in [1.165, 1.54) is 0 Å². The Bertz CT molecular complexity index is 739. The van der Waals surface area contributed by atoms with E-state index in [9.17, 15) is 28.8 Å². The normalized spacial score (nSPS) is 10.2. The Labute approximate surface area is 227 Å². The molecule has 0 aliphatic carbocycles. The van der Waals surface area contributed by atoms with E-state index in [1.807, 2.05) is 17.8 Å². The molecule has 182 valence electrons. The van der Waals surface area contributed by atoms with E-state index in [1.54, 1.807) is 12.5 Å². The van der Waals surface area contributed by atoms with Crippen LogP contribution in [0.2, 0.25) is 0 Å². The molecular weight excluding hydrogens is 483 g/mol. The van der Waals surface area contributed by atoms with Crippen LogP contribution in [0.15, 0.2) is 18.7 Å². The molecular formula is C16H23KN2O14. The van der Waals surface area contributed by atoms with Crippen LogP contribution in [0.25, 0.3) is 0 Å². The number of hydrogen-bond acceptors (Lipinski definition) is 9. The van der Waals surface area contributed by atoms with Crippen LogP contribution in [0.3, 0.4) is 0 Å². The Morgan fingerprint density at radius 1 is 0.697 bits per heavy atom.